The molecule has 0 atom stereocenters. The van der Waals surface area contributed by atoms with Gasteiger partial charge >= 0.3 is 0 Å². The Balaban J connectivity index is 2.12. The molecule has 0 saturated carbocycles. The Kier molecular flexibility index (Phi) is 4.02. The van der Waals surface area contributed by atoms with E-state index in [1.54, 1.807) is 0 Å². The summed E-state index contributed by atoms with van der Waals surface area (Å²) in [5.74, 6) is 0. The van der Waals surface area contributed by atoms with Crippen LogP contribution in [-0.4, -0.2) is 4.34 Å². The van der Waals surface area contributed by atoms with Gasteiger partial charge in [-0.3, -0.25) is 0 Å². The number of nitrogens with zero attached hydrogens (tertiary/aromatic N) is 1. The molecule has 1 aromatic heterocycles. The van der Waals surface area contributed by atoms with Crippen molar-refractivity contribution in [3.05, 3.63) is 116 Å². The highest BCUT2D eigenvalue weighted by Crippen LogP contribution is 2.56. The lowest BCUT2D eigenvalue weighted by atomic mass is 10.4. The van der Waals surface area contributed by atoms with E-state index in [9.17, 15) is 0 Å². The zero-order chi connectivity index (χ0) is 16.2. The fourth-order valence-corrected chi connectivity index (χ4v) is 7.36. The van der Waals surface area contributed by atoms with Gasteiger partial charge in [-0.2, -0.15) is 0 Å². The van der Waals surface area contributed by atoms with Crippen molar-refractivity contribution >= 4 is 23.3 Å². The van der Waals surface area contributed by atoms with Gasteiger partial charge in [0.05, 0.1) is 0 Å². The molecule has 0 aliphatic rings. The van der Waals surface area contributed by atoms with Crippen molar-refractivity contribution < 1.29 is 0 Å². The molecule has 0 amide bonds. The van der Waals surface area contributed by atoms with Crippen LogP contribution in [0.4, 0.5) is 0 Å². The highest BCUT2D eigenvalue weighted by molar-refractivity contribution is 7.94. The maximum Gasteiger partial charge on any atom is 0.206 e. The Morgan fingerprint density at radius 1 is 0.417 bits per heavy atom. The molecular formula is C22H19NP+. The summed E-state index contributed by atoms with van der Waals surface area (Å²) in [6.07, 6.45) is 4.39. The normalized spacial score (nSPS) is 11.3. The van der Waals surface area contributed by atoms with Crippen molar-refractivity contribution in [2.45, 2.75) is 0 Å². The summed E-state index contributed by atoms with van der Waals surface area (Å²) in [6, 6.07) is 36.9. The lowest BCUT2D eigenvalue weighted by molar-refractivity contribution is 1.25. The summed E-state index contributed by atoms with van der Waals surface area (Å²) in [5, 5.41) is 4.08. The standard InChI is InChI=1S/C22H19NP/c1-4-12-20(13-5-1)24(23-18-10-11-19-23,21-14-6-2-7-15-21)22-16-8-3-9-17-22/h1-19H/q+1. The van der Waals surface area contributed by atoms with Crippen LogP contribution in [0.25, 0.3) is 0 Å². The first-order valence-electron chi connectivity index (χ1n) is 8.12. The number of hydrogen-bond donors (Lipinski definition) is 0. The number of rotatable bonds is 4. The Bertz CT molecular complexity index is 788. The van der Waals surface area contributed by atoms with Crippen LogP contribution in [0.3, 0.4) is 0 Å². The van der Waals surface area contributed by atoms with Gasteiger partial charge in [0, 0.05) is 12.4 Å². The average Bonchev–Trinajstić information content (AvgIpc) is 3.20. The molecule has 0 saturated heterocycles. The van der Waals surface area contributed by atoms with E-state index in [2.05, 4.69) is 120 Å². The highest BCUT2D eigenvalue weighted by Gasteiger charge is 2.47. The van der Waals surface area contributed by atoms with Crippen LogP contribution in [0.1, 0.15) is 0 Å². The zero-order valence-corrected chi connectivity index (χ0v) is 14.3. The molecule has 0 spiro atoms. The molecule has 0 aliphatic heterocycles. The third-order valence-electron chi connectivity index (χ3n) is 4.32. The molecule has 0 N–H and O–H groups in total. The first kappa shape index (κ1) is 14.9. The van der Waals surface area contributed by atoms with E-state index in [0.29, 0.717) is 0 Å². The Labute approximate surface area is 143 Å². The van der Waals surface area contributed by atoms with Crippen LogP contribution in [0, 0.1) is 0 Å². The molecular weight excluding hydrogens is 309 g/mol. The SMILES string of the molecule is c1ccc([P+](c2ccccc2)(c2ccccc2)n2cccc2)cc1. The predicted octanol–water partition coefficient (Wildman–Crippen LogP) is 4.25. The van der Waals surface area contributed by atoms with Crippen molar-refractivity contribution in [1.82, 2.24) is 4.34 Å². The van der Waals surface area contributed by atoms with E-state index in [-0.39, 0.29) is 0 Å². The van der Waals surface area contributed by atoms with Gasteiger partial charge in [-0.25, -0.2) is 4.34 Å². The van der Waals surface area contributed by atoms with Gasteiger partial charge in [0.15, 0.2) is 0 Å². The highest BCUT2D eigenvalue weighted by atomic mass is 31.2. The minimum atomic E-state index is -1.94. The van der Waals surface area contributed by atoms with Crippen LogP contribution in [0.2, 0.25) is 0 Å². The minimum Gasteiger partial charge on any atom is -0.218 e. The van der Waals surface area contributed by atoms with E-state index >= 15 is 0 Å². The van der Waals surface area contributed by atoms with Crippen molar-refractivity contribution in [3.63, 3.8) is 0 Å². The maximum absolute atomic E-state index is 2.41. The molecule has 0 fully saturated rings. The smallest absolute Gasteiger partial charge is 0.206 e. The Morgan fingerprint density at radius 3 is 1.08 bits per heavy atom. The van der Waals surface area contributed by atoms with Crippen molar-refractivity contribution in [3.8, 4) is 0 Å². The van der Waals surface area contributed by atoms with E-state index in [1.807, 2.05) is 0 Å². The first-order chi connectivity index (χ1) is 11.9. The third-order valence-corrected chi connectivity index (χ3v) is 8.42. The van der Waals surface area contributed by atoms with E-state index < -0.39 is 7.41 Å². The topological polar surface area (TPSA) is 4.93 Å². The largest absolute Gasteiger partial charge is 0.218 e. The maximum atomic E-state index is 2.41. The number of benzene rings is 3. The summed E-state index contributed by atoms with van der Waals surface area (Å²) in [4.78, 5) is 0. The molecule has 0 unspecified atom stereocenters. The summed E-state index contributed by atoms with van der Waals surface area (Å²) in [6.45, 7) is 0. The fourth-order valence-electron chi connectivity index (χ4n) is 3.30. The van der Waals surface area contributed by atoms with Gasteiger partial charge in [0.25, 0.3) is 0 Å². The van der Waals surface area contributed by atoms with Crippen LogP contribution in [0.15, 0.2) is 116 Å². The van der Waals surface area contributed by atoms with Crippen molar-refractivity contribution in [2.75, 3.05) is 0 Å². The van der Waals surface area contributed by atoms with E-state index in [4.69, 9.17) is 0 Å². The first-order valence-corrected chi connectivity index (χ1v) is 9.86. The molecule has 24 heavy (non-hydrogen) atoms. The number of aromatic nitrogens is 1. The van der Waals surface area contributed by atoms with Gasteiger partial charge in [0.2, 0.25) is 7.41 Å². The monoisotopic (exact) mass is 328 g/mol. The van der Waals surface area contributed by atoms with E-state index in [1.165, 1.54) is 15.9 Å². The van der Waals surface area contributed by atoms with Crippen LogP contribution in [-0.2, 0) is 0 Å². The molecule has 2 heteroatoms. The lowest BCUT2D eigenvalue weighted by Gasteiger charge is -2.28. The minimum absolute atomic E-state index is 1.36. The molecule has 4 rings (SSSR count). The molecule has 1 nitrogen and oxygen atoms in total. The molecule has 3 aromatic carbocycles. The zero-order valence-electron chi connectivity index (χ0n) is 13.4. The molecule has 0 aliphatic carbocycles. The molecule has 4 aromatic rings. The van der Waals surface area contributed by atoms with Gasteiger partial charge in [-0.1, -0.05) is 54.6 Å². The number of hydrogen-bond acceptors (Lipinski definition) is 0. The van der Waals surface area contributed by atoms with Crippen molar-refractivity contribution in [1.29, 1.82) is 0 Å². The lowest BCUT2D eigenvalue weighted by Crippen LogP contribution is -2.35. The molecule has 0 radical (unpaired) electrons. The van der Waals surface area contributed by atoms with Crippen LogP contribution >= 0.6 is 7.41 Å². The predicted molar refractivity (Wildman–Crippen MR) is 105 cm³/mol. The molecule has 0 bridgehead atoms. The quantitative estimate of drug-likeness (QED) is 0.494. The van der Waals surface area contributed by atoms with Gasteiger partial charge in [0.1, 0.15) is 15.9 Å². The average molecular weight is 328 g/mol. The summed E-state index contributed by atoms with van der Waals surface area (Å²) in [5.41, 5.74) is 0. The van der Waals surface area contributed by atoms with Gasteiger partial charge < -0.3 is 0 Å². The fraction of sp³-hybridized carbons (Fsp3) is 0. The summed E-state index contributed by atoms with van der Waals surface area (Å²) >= 11 is 0. The second-order valence-corrected chi connectivity index (χ2v) is 8.99. The van der Waals surface area contributed by atoms with E-state index in [0.717, 1.165) is 0 Å². The Morgan fingerprint density at radius 2 is 0.750 bits per heavy atom. The molecule has 116 valence electrons. The second kappa shape index (κ2) is 6.47. The van der Waals surface area contributed by atoms with Crippen molar-refractivity contribution in [2.24, 2.45) is 0 Å². The molecule has 1 heterocycles. The summed E-state index contributed by atoms with van der Waals surface area (Å²) < 4.78 is 2.41. The van der Waals surface area contributed by atoms with Crippen LogP contribution in [0.5, 0.6) is 0 Å². The summed E-state index contributed by atoms with van der Waals surface area (Å²) in [7, 11) is -1.94. The van der Waals surface area contributed by atoms with Gasteiger partial charge in [-0.15, -0.1) is 0 Å². The van der Waals surface area contributed by atoms with Gasteiger partial charge in [-0.05, 0) is 48.5 Å². The Hall–Kier alpha value is -2.63. The second-order valence-electron chi connectivity index (χ2n) is 5.71. The third kappa shape index (κ3) is 2.38. The van der Waals surface area contributed by atoms with Crippen LogP contribution < -0.4 is 15.9 Å².